The van der Waals surface area contributed by atoms with E-state index in [1.807, 2.05) is 59.5 Å². The minimum absolute atomic E-state index is 0.0276. The quantitative estimate of drug-likeness (QED) is 0.208. The highest BCUT2D eigenvalue weighted by molar-refractivity contribution is 5.91. The highest BCUT2D eigenvalue weighted by Gasteiger charge is 2.62. The smallest absolute Gasteiger partial charge is 0.264 e. The van der Waals surface area contributed by atoms with Crippen LogP contribution in [-0.4, -0.2) is 73.1 Å². The van der Waals surface area contributed by atoms with Gasteiger partial charge in [-0.05, 0) is 48.4 Å². The molecule has 6 N–H and O–H groups in total. The summed E-state index contributed by atoms with van der Waals surface area (Å²) in [7, 11) is 0. The van der Waals surface area contributed by atoms with Gasteiger partial charge in [0.15, 0.2) is 17.5 Å². The zero-order chi connectivity index (χ0) is 30.5. The van der Waals surface area contributed by atoms with Crippen LogP contribution in [0.15, 0.2) is 89.9 Å². The fraction of sp³-hybridized carbons (Fsp3) is 0.382. The average molecular weight is 597 g/mol. The van der Waals surface area contributed by atoms with Gasteiger partial charge in [-0.25, -0.2) is 0 Å². The highest BCUT2D eigenvalue weighted by Crippen LogP contribution is 2.49. The Morgan fingerprint density at radius 1 is 1.00 bits per heavy atom. The summed E-state index contributed by atoms with van der Waals surface area (Å²) in [5.41, 5.74) is 12.7. The topological polar surface area (TPSA) is 144 Å². The molecule has 3 aromatic rings. The Hall–Kier alpha value is -4.57. The molecule has 6 rings (SSSR count). The molecule has 0 radical (unpaired) electrons. The van der Waals surface area contributed by atoms with Gasteiger partial charge < -0.3 is 31.2 Å². The fourth-order valence-electron chi connectivity index (χ4n) is 6.47. The lowest BCUT2D eigenvalue weighted by atomic mass is 9.90. The third kappa shape index (κ3) is 6.50. The minimum atomic E-state index is -0.742. The van der Waals surface area contributed by atoms with Gasteiger partial charge in [-0.3, -0.25) is 19.9 Å². The minimum Gasteiger partial charge on any atom is -0.485 e. The predicted octanol–water partition coefficient (Wildman–Crippen LogP) is 2.39. The molecule has 4 atom stereocenters. The number of carbonyl (C=O) groups is 2. The first-order chi connectivity index (χ1) is 21.4. The van der Waals surface area contributed by atoms with Crippen LogP contribution < -0.4 is 31.6 Å². The molecule has 0 aromatic heterocycles. The summed E-state index contributed by atoms with van der Waals surface area (Å²) in [6.45, 7) is 2.10. The first-order valence-corrected chi connectivity index (χ1v) is 15.3. The number of fused-ring (bicyclic) bond motifs is 1. The van der Waals surface area contributed by atoms with Gasteiger partial charge in [-0.15, -0.1) is 0 Å². The Labute approximate surface area is 257 Å². The number of aliphatic imine (C=N–C) groups is 1. The van der Waals surface area contributed by atoms with E-state index in [1.54, 1.807) is 6.07 Å². The van der Waals surface area contributed by atoms with Gasteiger partial charge in [-0.1, -0.05) is 72.8 Å². The molecule has 1 saturated heterocycles. The van der Waals surface area contributed by atoms with Gasteiger partial charge in [0.05, 0.1) is 0 Å². The van der Waals surface area contributed by atoms with E-state index >= 15 is 0 Å². The summed E-state index contributed by atoms with van der Waals surface area (Å²) in [6, 6.07) is 27.9. The van der Waals surface area contributed by atoms with Crippen LogP contribution in [0.25, 0.3) is 0 Å². The highest BCUT2D eigenvalue weighted by atomic mass is 16.6. The molecule has 1 saturated carbocycles. The molecule has 2 heterocycles. The van der Waals surface area contributed by atoms with Crippen molar-refractivity contribution in [3.8, 4) is 11.5 Å². The van der Waals surface area contributed by atoms with E-state index in [0.29, 0.717) is 56.9 Å². The van der Waals surface area contributed by atoms with Crippen molar-refractivity contribution in [1.82, 2.24) is 15.5 Å². The fourth-order valence-corrected chi connectivity index (χ4v) is 6.47. The molecule has 2 unspecified atom stereocenters. The van der Waals surface area contributed by atoms with Gasteiger partial charge in [0.25, 0.3) is 5.91 Å². The largest absolute Gasteiger partial charge is 0.485 e. The standard InChI is InChI=1S/C34H40N6O4/c35-33(36)37-17-15-25-19-34(25)32(42)40(21-27(23-9-3-1-4-10-23)24-11-5-2-6-12-24)18-16-26(39-34)20-38-31(41)30-22-43-28-13-7-8-14-29(28)44-30/h1-14,25-27,30,39H,15-22H2,(H,38,41)(H4,35,36,37)/t25?,26-,30+,34?/m0/s1. The number of para-hydroxylation sites is 2. The molecule has 3 aromatic carbocycles. The van der Waals surface area contributed by atoms with E-state index in [2.05, 4.69) is 39.9 Å². The van der Waals surface area contributed by atoms with Crippen LogP contribution in [0.1, 0.15) is 36.3 Å². The van der Waals surface area contributed by atoms with Crippen molar-refractivity contribution in [3.05, 3.63) is 96.1 Å². The second kappa shape index (κ2) is 13.0. The Balaban J connectivity index is 1.18. The van der Waals surface area contributed by atoms with Crippen molar-refractivity contribution in [2.45, 2.75) is 42.9 Å². The van der Waals surface area contributed by atoms with Crippen LogP contribution in [0.5, 0.6) is 11.5 Å². The SMILES string of the molecule is NC(N)=NCCC1CC12N[C@H](CNC(=O)[C@H]1COc3ccccc3O1)CCN(CC(c1ccccc1)c1ccccc1)C2=O. The molecular formula is C34H40N6O4. The molecule has 230 valence electrons. The normalized spacial score (nSPS) is 24.1. The number of amides is 2. The Kier molecular flexibility index (Phi) is 8.70. The number of hydrogen-bond donors (Lipinski definition) is 4. The average Bonchev–Trinajstić information content (AvgIpc) is 3.78. The molecule has 10 heteroatoms. The second-order valence-electron chi connectivity index (χ2n) is 11.8. The first-order valence-electron chi connectivity index (χ1n) is 15.3. The summed E-state index contributed by atoms with van der Waals surface area (Å²) in [5, 5.41) is 6.72. The van der Waals surface area contributed by atoms with E-state index in [-0.39, 0.29) is 42.3 Å². The molecule has 0 bridgehead atoms. The van der Waals surface area contributed by atoms with Gasteiger partial charge in [0, 0.05) is 38.1 Å². The van der Waals surface area contributed by atoms with Crippen LogP contribution in [0.2, 0.25) is 0 Å². The number of ether oxygens (including phenoxy) is 2. The van der Waals surface area contributed by atoms with Crippen LogP contribution in [0, 0.1) is 5.92 Å². The third-order valence-electron chi connectivity index (χ3n) is 8.89. The number of rotatable bonds is 10. The summed E-state index contributed by atoms with van der Waals surface area (Å²) in [5.74, 6) is 1.21. The lowest BCUT2D eigenvalue weighted by Gasteiger charge is -2.30. The van der Waals surface area contributed by atoms with E-state index in [0.717, 1.165) is 11.1 Å². The summed E-state index contributed by atoms with van der Waals surface area (Å²) in [4.78, 5) is 33.6. The Morgan fingerprint density at radius 3 is 2.34 bits per heavy atom. The van der Waals surface area contributed by atoms with E-state index in [1.165, 1.54) is 0 Å². The number of carbonyl (C=O) groups excluding carboxylic acids is 2. The molecule has 1 spiro atoms. The second-order valence-corrected chi connectivity index (χ2v) is 11.8. The maximum absolute atomic E-state index is 14.3. The Morgan fingerprint density at radius 2 is 1.66 bits per heavy atom. The molecule has 1 aliphatic carbocycles. The van der Waals surface area contributed by atoms with Gasteiger partial charge in [-0.2, -0.15) is 0 Å². The predicted molar refractivity (Wildman–Crippen MR) is 168 cm³/mol. The number of nitrogens with one attached hydrogen (secondary N) is 2. The number of nitrogens with two attached hydrogens (primary N) is 2. The van der Waals surface area contributed by atoms with Crippen molar-refractivity contribution in [2.24, 2.45) is 22.4 Å². The summed E-state index contributed by atoms with van der Waals surface area (Å²) >= 11 is 0. The number of benzene rings is 3. The molecule has 44 heavy (non-hydrogen) atoms. The van der Waals surface area contributed by atoms with Crippen LogP contribution in [0.3, 0.4) is 0 Å². The molecule has 10 nitrogen and oxygen atoms in total. The van der Waals surface area contributed by atoms with Crippen LogP contribution in [-0.2, 0) is 9.59 Å². The van der Waals surface area contributed by atoms with Crippen molar-refractivity contribution in [2.75, 3.05) is 32.8 Å². The first kappa shape index (κ1) is 29.5. The Bertz CT molecular complexity index is 1440. The van der Waals surface area contributed by atoms with E-state index < -0.39 is 11.6 Å². The molecule has 2 fully saturated rings. The number of nitrogens with zero attached hydrogens (tertiary/aromatic N) is 2. The van der Waals surface area contributed by atoms with Crippen molar-refractivity contribution < 1.29 is 19.1 Å². The van der Waals surface area contributed by atoms with E-state index in [9.17, 15) is 9.59 Å². The zero-order valence-electron chi connectivity index (χ0n) is 24.7. The number of guanidine groups is 1. The van der Waals surface area contributed by atoms with Gasteiger partial charge in [0.1, 0.15) is 12.1 Å². The summed E-state index contributed by atoms with van der Waals surface area (Å²) in [6.07, 6.45) is 1.34. The third-order valence-corrected chi connectivity index (χ3v) is 8.89. The zero-order valence-corrected chi connectivity index (χ0v) is 24.7. The van der Waals surface area contributed by atoms with Crippen molar-refractivity contribution >= 4 is 17.8 Å². The van der Waals surface area contributed by atoms with Gasteiger partial charge in [0.2, 0.25) is 12.0 Å². The lowest BCUT2D eigenvalue weighted by molar-refractivity contribution is -0.134. The molecule has 3 aliphatic rings. The van der Waals surface area contributed by atoms with Gasteiger partial charge >= 0.3 is 0 Å². The lowest BCUT2D eigenvalue weighted by Crippen LogP contribution is -2.53. The van der Waals surface area contributed by atoms with Crippen molar-refractivity contribution in [3.63, 3.8) is 0 Å². The molecule has 2 aliphatic heterocycles. The molecule has 2 amide bonds. The molecular weight excluding hydrogens is 556 g/mol. The van der Waals surface area contributed by atoms with Crippen LogP contribution >= 0.6 is 0 Å². The van der Waals surface area contributed by atoms with Crippen LogP contribution in [0.4, 0.5) is 0 Å². The van der Waals surface area contributed by atoms with E-state index in [4.69, 9.17) is 20.9 Å². The maximum atomic E-state index is 14.3. The monoisotopic (exact) mass is 596 g/mol. The summed E-state index contributed by atoms with van der Waals surface area (Å²) < 4.78 is 11.6. The maximum Gasteiger partial charge on any atom is 0.264 e. The van der Waals surface area contributed by atoms with Crippen molar-refractivity contribution in [1.29, 1.82) is 0 Å². The number of hydrogen-bond acceptors (Lipinski definition) is 6.